The third-order valence-corrected chi connectivity index (χ3v) is 3.23. The lowest BCUT2D eigenvalue weighted by molar-refractivity contribution is -0.126. The third kappa shape index (κ3) is 1.64. The number of aromatic nitrogens is 2. The molecule has 4 nitrogen and oxygen atoms in total. The summed E-state index contributed by atoms with van der Waals surface area (Å²) in [5.41, 5.74) is 3.23. The van der Waals surface area contributed by atoms with Gasteiger partial charge >= 0.3 is 0 Å². The number of aryl methyl sites for hydroxylation is 2. The molecular weight excluding hydrogens is 202 g/mol. The van der Waals surface area contributed by atoms with Crippen LogP contribution >= 0.6 is 0 Å². The second-order valence-corrected chi connectivity index (χ2v) is 4.24. The van der Waals surface area contributed by atoms with E-state index in [-0.39, 0.29) is 11.9 Å². The number of carbonyl (C=O) groups is 1. The lowest BCUT2D eigenvalue weighted by Gasteiger charge is -2.23. The predicted molar refractivity (Wildman–Crippen MR) is 61.9 cm³/mol. The average Bonchev–Trinajstić information content (AvgIpc) is 2.84. The Morgan fingerprint density at radius 2 is 2.38 bits per heavy atom. The van der Waals surface area contributed by atoms with E-state index >= 15 is 0 Å². The Hall–Kier alpha value is -1.58. The van der Waals surface area contributed by atoms with Crippen molar-refractivity contribution in [3.05, 3.63) is 29.6 Å². The quantitative estimate of drug-likeness (QED) is 0.772. The predicted octanol–water partition coefficient (Wildman–Crippen LogP) is 1.88. The molecule has 1 saturated heterocycles. The summed E-state index contributed by atoms with van der Waals surface area (Å²) in [4.78, 5) is 13.6. The van der Waals surface area contributed by atoms with Gasteiger partial charge < -0.3 is 4.90 Å². The van der Waals surface area contributed by atoms with Crippen molar-refractivity contribution in [1.29, 1.82) is 0 Å². The highest BCUT2D eigenvalue weighted by molar-refractivity contribution is 5.87. The van der Waals surface area contributed by atoms with Crippen LogP contribution in [0.4, 0.5) is 0 Å². The number of hydrogen-bond donors (Lipinski definition) is 1. The summed E-state index contributed by atoms with van der Waals surface area (Å²) in [5, 5.41) is 7.17. The van der Waals surface area contributed by atoms with E-state index in [1.165, 1.54) is 11.6 Å². The summed E-state index contributed by atoms with van der Waals surface area (Å²) in [5.74, 6) is 0.0162. The van der Waals surface area contributed by atoms with Gasteiger partial charge in [-0.25, -0.2) is 0 Å². The van der Waals surface area contributed by atoms with Gasteiger partial charge in [-0.1, -0.05) is 6.58 Å². The molecule has 16 heavy (non-hydrogen) atoms. The minimum atomic E-state index is 0.0162. The highest BCUT2D eigenvalue weighted by Crippen LogP contribution is 2.34. The third-order valence-electron chi connectivity index (χ3n) is 3.23. The van der Waals surface area contributed by atoms with E-state index < -0.39 is 0 Å². The van der Waals surface area contributed by atoms with E-state index in [2.05, 4.69) is 16.8 Å². The van der Waals surface area contributed by atoms with Crippen molar-refractivity contribution in [2.45, 2.75) is 32.7 Å². The first-order valence-electron chi connectivity index (χ1n) is 5.59. The molecule has 86 valence electrons. The van der Waals surface area contributed by atoms with Crippen molar-refractivity contribution in [1.82, 2.24) is 15.1 Å². The Bertz CT molecular complexity index is 402. The smallest absolute Gasteiger partial charge is 0.246 e. The van der Waals surface area contributed by atoms with Crippen LogP contribution in [0.1, 0.15) is 35.8 Å². The molecule has 4 heteroatoms. The molecule has 0 bridgehead atoms. The SMILES string of the molecule is C=CC(=O)N1CCCC1c1c(C)n[nH]c1C. The Morgan fingerprint density at radius 1 is 1.62 bits per heavy atom. The number of nitrogens with one attached hydrogen (secondary N) is 1. The summed E-state index contributed by atoms with van der Waals surface area (Å²) in [7, 11) is 0. The van der Waals surface area contributed by atoms with Gasteiger partial charge in [-0.05, 0) is 32.8 Å². The number of carbonyl (C=O) groups excluding carboxylic acids is 1. The first kappa shape index (κ1) is 10.9. The molecule has 1 amide bonds. The van der Waals surface area contributed by atoms with Gasteiger partial charge in [0.05, 0.1) is 11.7 Å². The van der Waals surface area contributed by atoms with E-state index in [0.717, 1.165) is 30.8 Å². The molecule has 0 aromatic carbocycles. The molecule has 0 aliphatic carbocycles. The van der Waals surface area contributed by atoms with Gasteiger partial charge in [-0.3, -0.25) is 9.89 Å². The molecule has 1 aliphatic rings. The van der Waals surface area contributed by atoms with Gasteiger partial charge in [0, 0.05) is 17.8 Å². The van der Waals surface area contributed by atoms with Crippen molar-refractivity contribution < 1.29 is 4.79 Å². The van der Waals surface area contributed by atoms with Crippen LogP contribution in [0.2, 0.25) is 0 Å². The number of H-pyrrole nitrogens is 1. The maximum atomic E-state index is 11.7. The molecule has 1 N–H and O–H groups in total. The molecule has 0 saturated carbocycles. The highest BCUT2D eigenvalue weighted by atomic mass is 16.2. The zero-order valence-corrected chi connectivity index (χ0v) is 9.79. The van der Waals surface area contributed by atoms with Crippen molar-refractivity contribution in [2.75, 3.05) is 6.54 Å². The molecule has 1 aromatic rings. The molecule has 2 rings (SSSR count). The van der Waals surface area contributed by atoms with Crippen LogP contribution < -0.4 is 0 Å². The van der Waals surface area contributed by atoms with E-state index in [0.29, 0.717) is 0 Å². The molecule has 1 fully saturated rings. The summed E-state index contributed by atoms with van der Waals surface area (Å²) in [6.45, 7) is 8.35. The Kier molecular flexibility index (Phi) is 2.81. The topological polar surface area (TPSA) is 49.0 Å². The highest BCUT2D eigenvalue weighted by Gasteiger charge is 2.31. The fourth-order valence-corrected chi connectivity index (χ4v) is 2.50. The lowest BCUT2D eigenvalue weighted by atomic mass is 10.0. The standard InChI is InChI=1S/C12H17N3O/c1-4-11(16)15-7-5-6-10(15)12-8(2)13-14-9(12)3/h4,10H,1,5-7H2,2-3H3,(H,13,14). The first-order valence-corrected chi connectivity index (χ1v) is 5.59. The molecule has 0 spiro atoms. The zero-order valence-electron chi connectivity index (χ0n) is 9.79. The number of rotatable bonds is 2. The van der Waals surface area contributed by atoms with E-state index in [1.807, 2.05) is 18.7 Å². The first-order chi connectivity index (χ1) is 7.65. The Labute approximate surface area is 95.3 Å². The van der Waals surface area contributed by atoms with Crippen LogP contribution in [0, 0.1) is 13.8 Å². The number of hydrogen-bond acceptors (Lipinski definition) is 2. The fourth-order valence-electron chi connectivity index (χ4n) is 2.50. The van der Waals surface area contributed by atoms with Crippen LogP contribution in [0.15, 0.2) is 12.7 Å². The molecule has 1 aromatic heterocycles. The number of aromatic amines is 1. The van der Waals surface area contributed by atoms with E-state index in [9.17, 15) is 4.79 Å². The van der Waals surface area contributed by atoms with Crippen LogP contribution in [0.5, 0.6) is 0 Å². The minimum absolute atomic E-state index is 0.0162. The normalized spacial score (nSPS) is 20.1. The van der Waals surface area contributed by atoms with E-state index in [1.54, 1.807) is 0 Å². The van der Waals surface area contributed by atoms with Gasteiger partial charge in [-0.15, -0.1) is 0 Å². The summed E-state index contributed by atoms with van der Waals surface area (Å²) < 4.78 is 0. The number of nitrogens with zero attached hydrogens (tertiary/aromatic N) is 2. The van der Waals surface area contributed by atoms with Gasteiger partial charge in [0.15, 0.2) is 0 Å². The van der Waals surface area contributed by atoms with E-state index in [4.69, 9.17) is 0 Å². The summed E-state index contributed by atoms with van der Waals surface area (Å²) in [6.07, 6.45) is 3.46. The second-order valence-electron chi connectivity index (χ2n) is 4.24. The number of likely N-dealkylation sites (tertiary alicyclic amines) is 1. The van der Waals surface area contributed by atoms with Crippen LogP contribution in [-0.4, -0.2) is 27.5 Å². The zero-order chi connectivity index (χ0) is 11.7. The van der Waals surface area contributed by atoms with Crippen molar-refractivity contribution in [3.63, 3.8) is 0 Å². The lowest BCUT2D eigenvalue weighted by Crippen LogP contribution is -2.29. The molecule has 1 atom stereocenters. The molecule has 1 unspecified atom stereocenters. The largest absolute Gasteiger partial charge is 0.332 e. The number of amides is 1. The monoisotopic (exact) mass is 219 g/mol. The van der Waals surface area contributed by atoms with Gasteiger partial charge in [0.25, 0.3) is 0 Å². The molecule has 0 radical (unpaired) electrons. The summed E-state index contributed by atoms with van der Waals surface area (Å²) >= 11 is 0. The Morgan fingerprint density at radius 3 is 2.94 bits per heavy atom. The van der Waals surface area contributed by atoms with Crippen molar-refractivity contribution >= 4 is 5.91 Å². The van der Waals surface area contributed by atoms with Crippen LogP contribution in [0.3, 0.4) is 0 Å². The molecule has 1 aliphatic heterocycles. The van der Waals surface area contributed by atoms with Gasteiger partial charge in [0.1, 0.15) is 0 Å². The summed E-state index contributed by atoms with van der Waals surface area (Å²) in [6, 6.07) is 0.171. The molecule has 2 heterocycles. The van der Waals surface area contributed by atoms with Gasteiger partial charge in [0.2, 0.25) is 5.91 Å². The van der Waals surface area contributed by atoms with Crippen LogP contribution in [0.25, 0.3) is 0 Å². The second kappa shape index (κ2) is 4.12. The van der Waals surface area contributed by atoms with Crippen molar-refractivity contribution in [2.24, 2.45) is 0 Å². The molecular formula is C12H17N3O. The average molecular weight is 219 g/mol. The maximum absolute atomic E-state index is 11.7. The van der Waals surface area contributed by atoms with Crippen molar-refractivity contribution in [3.8, 4) is 0 Å². The fraction of sp³-hybridized carbons (Fsp3) is 0.500. The van der Waals surface area contributed by atoms with Crippen LogP contribution in [-0.2, 0) is 4.79 Å². The maximum Gasteiger partial charge on any atom is 0.246 e. The minimum Gasteiger partial charge on any atom is -0.332 e. The Balaban J connectivity index is 2.33. The van der Waals surface area contributed by atoms with Gasteiger partial charge in [-0.2, -0.15) is 5.10 Å².